The van der Waals surface area contributed by atoms with Crippen LogP contribution in [0.25, 0.3) is 0 Å². The van der Waals surface area contributed by atoms with Gasteiger partial charge in [0.1, 0.15) is 0 Å². The standard InChI is InChI=1S/C10H7NS/c1-2-5-9-6-3-4-7-10(9)11-8-12/h3-4,6-7H,1H3. The Bertz CT molecular complexity index is 378. The first-order valence-corrected chi connectivity index (χ1v) is 3.89. The minimum atomic E-state index is 0.779. The highest BCUT2D eigenvalue weighted by Gasteiger charge is 1.93. The molecule has 58 valence electrons. The Balaban J connectivity index is 3.22. The zero-order chi connectivity index (χ0) is 8.81. The predicted molar refractivity (Wildman–Crippen MR) is 53.7 cm³/mol. The fraction of sp³-hybridized carbons (Fsp3) is 0.100. The lowest BCUT2D eigenvalue weighted by molar-refractivity contribution is 1.51. The molecule has 0 unspecified atom stereocenters. The third-order valence-electron chi connectivity index (χ3n) is 1.33. The van der Waals surface area contributed by atoms with E-state index in [4.69, 9.17) is 0 Å². The second kappa shape index (κ2) is 4.46. The van der Waals surface area contributed by atoms with Crippen molar-refractivity contribution < 1.29 is 0 Å². The van der Waals surface area contributed by atoms with Gasteiger partial charge in [0, 0.05) is 0 Å². The van der Waals surface area contributed by atoms with E-state index in [-0.39, 0.29) is 0 Å². The zero-order valence-electron chi connectivity index (χ0n) is 6.66. The van der Waals surface area contributed by atoms with Gasteiger partial charge in [0.2, 0.25) is 0 Å². The number of nitrogens with zero attached hydrogens (tertiary/aromatic N) is 1. The lowest BCUT2D eigenvalue weighted by Gasteiger charge is -1.93. The van der Waals surface area contributed by atoms with Crippen LogP contribution in [-0.4, -0.2) is 5.16 Å². The molecule has 0 aliphatic heterocycles. The van der Waals surface area contributed by atoms with E-state index in [1.54, 1.807) is 6.92 Å². The number of para-hydroxylation sites is 1. The van der Waals surface area contributed by atoms with Gasteiger partial charge in [0.05, 0.1) is 16.4 Å². The second-order valence-corrected chi connectivity index (χ2v) is 2.28. The molecule has 0 aliphatic carbocycles. The SMILES string of the molecule is CC#Cc1ccccc1N=C=S. The van der Waals surface area contributed by atoms with E-state index in [1.807, 2.05) is 24.3 Å². The number of benzene rings is 1. The van der Waals surface area contributed by atoms with Crippen LogP contribution in [0, 0.1) is 11.8 Å². The van der Waals surface area contributed by atoms with E-state index in [0.717, 1.165) is 11.3 Å². The fourth-order valence-electron chi connectivity index (χ4n) is 0.861. The number of hydrogen-bond donors (Lipinski definition) is 0. The van der Waals surface area contributed by atoms with Crippen LogP contribution in [0.4, 0.5) is 5.69 Å². The van der Waals surface area contributed by atoms with Gasteiger partial charge in [-0.1, -0.05) is 18.1 Å². The molecule has 0 heterocycles. The molecule has 2 heteroatoms. The van der Waals surface area contributed by atoms with E-state index in [0.29, 0.717) is 0 Å². The smallest absolute Gasteiger partial charge is 0.0895 e. The average Bonchev–Trinajstić information content (AvgIpc) is 2.09. The molecular formula is C10H7NS. The van der Waals surface area contributed by atoms with Crippen molar-refractivity contribution in [2.45, 2.75) is 6.92 Å². The van der Waals surface area contributed by atoms with Crippen molar-refractivity contribution in [3.8, 4) is 11.8 Å². The van der Waals surface area contributed by atoms with Gasteiger partial charge in [0.15, 0.2) is 0 Å². The molecule has 0 fully saturated rings. The summed E-state index contributed by atoms with van der Waals surface area (Å²) < 4.78 is 0. The summed E-state index contributed by atoms with van der Waals surface area (Å²) >= 11 is 4.51. The molecule has 0 atom stereocenters. The van der Waals surface area contributed by atoms with Crippen molar-refractivity contribution >= 4 is 23.1 Å². The summed E-state index contributed by atoms with van der Waals surface area (Å²) in [6.45, 7) is 1.79. The molecule has 0 N–H and O–H groups in total. The van der Waals surface area contributed by atoms with Gasteiger partial charge in [0.25, 0.3) is 0 Å². The summed E-state index contributed by atoms with van der Waals surface area (Å²) in [6, 6.07) is 7.58. The van der Waals surface area contributed by atoms with Crippen molar-refractivity contribution in [1.29, 1.82) is 0 Å². The molecule has 0 bridgehead atoms. The van der Waals surface area contributed by atoms with Crippen molar-refractivity contribution in [3.05, 3.63) is 29.8 Å². The summed E-state index contributed by atoms with van der Waals surface area (Å²) in [5, 5.41) is 2.32. The molecule has 0 saturated carbocycles. The molecule has 1 aromatic rings. The summed E-state index contributed by atoms with van der Waals surface area (Å²) in [5.41, 5.74) is 1.67. The Labute approximate surface area is 77.1 Å². The highest BCUT2D eigenvalue weighted by atomic mass is 32.1. The Morgan fingerprint density at radius 1 is 1.33 bits per heavy atom. The quantitative estimate of drug-likeness (QED) is 0.361. The topological polar surface area (TPSA) is 12.4 Å². The van der Waals surface area contributed by atoms with Gasteiger partial charge in [-0.25, -0.2) is 0 Å². The molecule has 12 heavy (non-hydrogen) atoms. The maximum absolute atomic E-state index is 4.51. The molecule has 0 amide bonds. The number of hydrogen-bond acceptors (Lipinski definition) is 2. The highest BCUT2D eigenvalue weighted by molar-refractivity contribution is 7.78. The zero-order valence-corrected chi connectivity index (χ0v) is 7.48. The lowest BCUT2D eigenvalue weighted by Crippen LogP contribution is -1.73. The molecule has 0 aromatic heterocycles. The van der Waals surface area contributed by atoms with Gasteiger partial charge in [-0.05, 0) is 31.3 Å². The van der Waals surface area contributed by atoms with Crippen LogP contribution in [0.15, 0.2) is 29.3 Å². The van der Waals surface area contributed by atoms with Gasteiger partial charge < -0.3 is 0 Å². The number of aliphatic imine (C=N–C) groups is 1. The number of rotatable bonds is 1. The van der Waals surface area contributed by atoms with Gasteiger partial charge >= 0.3 is 0 Å². The summed E-state index contributed by atoms with van der Waals surface area (Å²) in [5.74, 6) is 5.74. The Kier molecular flexibility index (Phi) is 3.22. The van der Waals surface area contributed by atoms with Crippen molar-refractivity contribution in [2.24, 2.45) is 4.99 Å². The van der Waals surface area contributed by atoms with Crippen molar-refractivity contribution in [3.63, 3.8) is 0 Å². The average molecular weight is 173 g/mol. The van der Waals surface area contributed by atoms with E-state index >= 15 is 0 Å². The van der Waals surface area contributed by atoms with Gasteiger partial charge in [-0.2, -0.15) is 4.99 Å². The Morgan fingerprint density at radius 3 is 2.75 bits per heavy atom. The molecular weight excluding hydrogens is 166 g/mol. The van der Waals surface area contributed by atoms with Crippen molar-refractivity contribution in [2.75, 3.05) is 0 Å². The van der Waals surface area contributed by atoms with E-state index in [9.17, 15) is 0 Å². The number of isothiocyanates is 1. The molecule has 1 nitrogen and oxygen atoms in total. The molecule has 0 spiro atoms. The minimum absolute atomic E-state index is 0.779. The normalized spacial score (nSPS) is 7.75. The molecule has 1 rings (SSSR count). The van der Waals surface area contributed by atoms with E-state index in [1.165, 1.54) is 0 Å². The van der Waals surface area contributed by atoms with Gasteiger partial charge in [-0.15, -0.1) is 5.92 Å². The Hall–Kier alpha value is -1.42. The van der Waals surface area contributed by atoms with Gasteiger partial charge in [-0.3, -0.25) is 0 Å². The van der Waals surface area contributed by atoms with E-state index < -0.39 is 0 Å². The number of thiocarbonyl (C=S) groups is 1. The summed E-state index contributed by atoms with van der Waals surface area (Å²) in [4.78, 5) is 3.89. The maximum atomic E-state index is 4.51. The van der Waals surface area contributed by atoms with Crippen LogP contribution in [0.1, 0.15) is 12.5 Å². The predicted octanol–water partition coefficient (Wildman–Crippen LogP) is 2.79. The lowest BCUT2D eigenvalue weighted by atomic mass is 10.2. The van der Waals surface area contributed by atoms with Crippen LogP contribution >= 0.6 is 12.2 Å². The summed E-state index contributed by atoms with van der Waals surface area (Å²) in [6.07, 6.45) is 0. The molecule has 0 saturated heterocycles. The van der Waals surface area contributed by atoms with Crippen LogP contribution < -0.4 is 0 Å². The van der Waals surface area contributed by atoms with Crippen molar-refractivity contribution in [1.82, 2.24) is 0 Å². The maximum Gasteiger partial charge on any atom is 0.0895 e. The minimum Gasteiger partial charge on any atom is -0.193 e. The largest absolute Gasteiger partial charge is 0.193 e. The third kappa shape index (κ3) is 2.03. The first-order valence-electron chi connectivity index (χ1n) is 3.48. The van der Waals surface area contributed by atoms with Crippen LogP contribution in [-0.2, 0) is 0 Å². The van der Waals surface area contributed by atoms with Crippen LogP contribution in [0.5, 0.6) is 0 Å². The molecule has 0 aliphatic rings. The fourth-order valence-corrected chi connectivity index (χ4v) is 0.959. The Morgan fingerprint density at radius 2 is 2.08 bits per heavy atom. The first-order chi connectivity index (χ1) is 5.88. The van der Waals surface area contributed by atoms with Crippen LogP contribution in [0.3, 0.4) is 0 Å². The summed E-state index contributed by atoms with van der Waals surface area (Å²) in [7, 11) is 0. The monoisotopic (exact) mass is 173 g/mol. The second-order valence-electron chi connectivity index (χ2n) is 2.10. The molecule has 1 aromatic carbocycles. The first kappa shape index (κ1) is 8.67. The third-order valence-corrected chi connectivity index (χ3v) is 1.42. The molecule has 0 radical (unpaired) electrons. The van der Waals surface area contributed by atoms with E-state index in [2.05, 4.69) is 34.2 Å². The van der Waals surface area contributed by atoms with Crippen LogP contribution in [0.2, 0.25) is 0 Å². The highest BCUT2D eigenvalue weighted by Crippen LogP contribution is 2.16.